The van der Waals surface area contributed by atoms with E-state index in [9.17, 15) is 19.1 Å². The number of nitrogens with one attached hydrogen (secondary N) is 2. The van der Waals surface area contributed by atoms with Crippen LogP contribution in [0.2, 0.25) is 0 Å². The van der Waals surface area contributed by atoms with E-state index in [1.165, 1.54) is 18.2 Å². The molecule has 0 bridgehead atoms. The second kappa shape index (κ2) is 6.67. The summed E-state index contributed by atoms with van der Waals surface area (Å²) in [4.78, 5) is 23.8. The molecule has 1 aromatic carbocycles. The number of rotatable bonds is 5. The highest BCUT2D eigenvalue weighted by Crippen LogP contribution is 2.32. The molecule has 5 nitrogen and oxygen atoms in total. The van der Waals surface area contributed by atoms with Gasteiger partial charge in [0, 0.05) is 18.7 Å². The first-order valence-electron chi connectivity index (χ1n) is 7.06. The lowest BCUT2D eigenvalue weighted by Gasteiger charge is -2.25. The molecule has 3 N–H and O–H groups in total. The maximum absolute atomic E-state index is 13.2. The van der Waals surface area contributed by atoms with Crippen LogP contribution < -0.4 is 10.6 Å². The largest absolute Gasteiger partial charge is 0.391 e. The first-order chi connectivity index (χ1) is 10.0. The standard InChI is InChI=1S/C15H19FN2O3/c1-2-3-10(19)8-17-15(21)12-7-14(20)18-13-6-9(16)4-5-11(12)13/h4-6,10,12,19H,2-3,7-8H2,1H3,(H,17,21)(H,18,20). The van der Waals surface area contributed by atoms with Crippen molar-refractivity contribution >= 4 is 17.5 Å². The molecule has 1 aromatic rings. The molecule has 0 saturated heterocycles. The monoisotopic (exact) mass is 294 g/mol. The topological polar surface area (TPSA) is 78.4 Å². The van der Waals surface area contributed by atoms with Crippen molar-refractivity contribution in [1.82, 2.24) is 5.32 Å². The zero-order valence-electron chi connectivity index (χ0n) is 11.9. The van der Waals surface area contributed by atoms with Crippen LogP contribution in [-0.4, -0.2) is 29.6 Å². The summed E-state index contributed by atoms with van der Waals surface area (Å²) < 4.78 is 13.2. The molecular formula is C15H19FN2O3. The van der Waals surface area contributed by atoms with Crippen molar-refractivity contribution in [3.63, 3.8) is 0 Å². The number of amides is 2. The lowest BCUT2D eigenvalue weighted by Crippen LogP contribution is -2.38. The van der Waals surface area contributed by atoms with Crippen LogP contribution >= 0.6 is 0 Å². The molecule has 0 radical (unpaired) electrons. The van der Waals surface area contributed by atoms with E-state index >= 15 is 0 Å². The summed E-state index contributed by atoms with van der Waals surface area (Å²) >= 11 is 0. The molecule has 21 heavy (non-hydrogen) atoms. The molecule has 6 heteroatoms. The molecule has 0 saturated carbocycles. The van der Waals surface area contributed by atoms with Gasteiger partial charge in [0.2, 0.25) is 11.8 Å². The van der Waals surface area contributed by atoms with Crippen LogP contribution in [0.3, 0.4) is 0 Å². The summed E-state index contributed by atoms with van der Waals surface area (Å²) in [5, 5.41) is 14.8. The number of fused-ring (bicyclic) bond motifs is 1. The number of halogens is 1. The molecule has 1 aliphatic rings. The van der Waals surface area contributed by atoms with Gasteiger partial charge in [-0.1, -0.05) is 19.4 Å². The Bertz CT molecular complexity index is 548. The van der Waals surface area contributed by atoms with Gasteiger partial charge >= 0.3 is 0 Å². The van der Waals surface area contributed by atoms with Gasteiger partial charge < -0.3 is 15.7 Å². The fraction of sp³-hybridized carbons (Fsp3) is 0.467. The van der Waals surface area contributed by atoms with Gasteiger partial charge in [-0.15, -0.1) is 0 Å². The minimum atomic E-state index is -0.650. The van der Waals surface area contributed by atoms with E-state index in [-0.39, 0.29) is 24.8 Å². The zero-order chi connectivity index (χ0) is 15.4. The molecule has 0 fully saturated rings. The normalized spacial score (nSPS) is 18.6. The summed E-state index contributed by atoms with van der Waals surface area (Å²) in [6, 6.07) is 3.98. The molecule has 1 aliphatic heterocycles. The molecular weight excluding hydrogens is 275 g/mol. The second-order valence-electron chi connectivity index (χ2n) is 5.22. The number of carbonyl (C=O) groups excluding carboxylic acids is 2. The van der Waals surface area contributed by atoms with E-state index in [1.807, 2.05) is 6.92 Å². The van der Waals surface area contributed by atoms with Crippen molar-refractivity contribution in [2.75, 3.05) is 11.9 Å². The third-order valence-corrected chi connectivity index (χ3v) is 3.50. The molecule has 2 atom stereocenters. The summed E-state index contributed by atoms with van der Waals surface area (Å²) in [6.45, 7) is 2.10. The van der Waals surface area contributed by atoms with Crippen LogP contribution in [-0.2, 0) is 9.59 Å². The van der Waals surface area contributed by atoms with Crippen LogP contribution in [0.25, 0.3) is 0 Å². The van der Waals surface area contributed by atoms with E-state index in [4.69, 9.17) is 0 Å². The molecule has 114 valence electrons. The average molecular weight is 294 g/mol. The maximum Gasteiger partial charge on any atom is 0.228 e. The number of anilines is 1. The summed E-state index contributed by atoms with van der Waals surface area (Å²) in [5.74, 6) is -1.76. The summed E-state index contributed by atoms with van der Waals surface area (Å²) in [6.07, 6.45) is 0.857. The zero-order valence-corrected chi connectivity index (χ0v) is 11.9. The van der Waals surface area contributed by atoms with Crippen LogP contribution in [0.1, 0.15) is 37.7 Å². The van der Waals surface area contributed by atoms with E-state index in [1.54, 1.807) is 0 Å². The Morgan fingerprint density at radius 1 is 1.57 bits per heavy atom. The van der Waals surface area contributed by atoms with Crippen molar-refractivity contribution in [1.29, 1.82) is 0 Å². The molecule has 2 unspecified atom stereocenters. The third kappa shape index (κ3) is 3.78. The number of aliphatic hydroxyl groups is 1. The highest BCUT2D eigenvalue weighted by molar-refractivity contribution is 6.01. The van der Waals surface area contributed by atoms with Crippen LogP contribution in [0.4, 0.5) is 10.1 Å². The van der Waals surface area contributed by atoms with Crippen molar-refractivity contribution in [2.45, 2.75) is 38.2 Å². The lowest BCUT2D eigenvalue weighted by atomic mass is 9.89. The highest BCUT2D eigenvalue weighted by Gasteiger charge is 2.30. The van der Waals surface area contributed by atoms with Gasteiger partial charge in [-0.2, -0.15) is 0 Å². The molecule has 0 aliphatic carbocycles. The number of hydrogen-bond donors (Lipinski definition) is 3. The predicted octanol–water partition coefficient (Wildman–Crippen LogP) is 1.53. The Morgan fingerprint density at radius 2 is 2.33 bits per heavy atom. The molecule has 2 amide bonds. The van der Waals surface area contributed by atoms with E-state index in [2.05, 4.69) is 10.6 Å². The van der Waals surface area contributed by atoms with Gasteiger partial charge in [-0.25, -0.2) is 4.39 Å². The molecule has 1 heterocycles. The van der Waals surface area contributed by atoms with Gasteiger partial charge in [0.1, 0.15) is 5.82 Å². The van der Waals surface area contributed by atoms with Gasteiger partial charge in [0.05, 0.1) is 12.0 Å². The molecule has 0 spiro atoms. The maximum atomic E-state index is 13.2. The van der Waals surface area contributed by atoms with Crippen molar-refractivity contribution < 1.29 is 19.1 Å². The number of aliphatic hydroxyl groups excluding tert-OH is 1. The predicted molar refractivity (Wildman–Crippen MR) is 76.3 cm³/mol. The van der Waals surface area contributed by atoms with Crippen molar-refractivity contribution in [2.24, 2.45) is 0 Å². The molecule has 2 rings (SSSR count). The number of carbonyl (C=O) groups is 2. The summed E-state index contributed by atoms with van der Waals surface area (Å²) in [7, 11) is 0. The Morgan fingerprint density at radius 3 is 3.05 bits per heavy atom. The van der Waals surface area contributed by atoms with Crippen molar-refractivity contribution in [3.05, 3.63) is 29.6 Å². The Balaban J connectivity index is 2.09. The Hall–Kier alpha value is -1.95. The Kier molecular flexibility index (Phi) is 4.90. The molecule has 0 aromatic heterocycles. The lowest BCUT2D eigenvalue weighted by molar-refractivity contribution is -0.126. The SMILES string of the molecule is CCCC(O)CNC(=O)C1CC(=O)Nc2cc(F)ccc21. The second-order valence-corrected chi connectivity index (χ2v) is 5.22. The van der Waals surface area contributed by atoms with E-state index in [0.717, 1.165) is 6.42 Å². The van der Waals surface area contributed by atoms with Crippen LogP contribution in [0.15, 0.2) is 18.2 Å². The van der Waals surface area contributed by atoms with Gasteiger partial charge in [-0.05, 0) is 24.1 Å². The third-order valence-electron chi connectivity index (χ3n) is 3.50. The minimum Gasteiger partial charge on any atom is -0.391 e. The number of benzene rings is 1. The first-order valence-corrected chi connectivity index (χ1v) is 7.06. The van der Waals surface area contributed by atoms with Gasteiger partial charge in [0.15, 0.2) is 0 Å². The summed E-state index contributed by atoms with van der Waals surface area (Å²) in [5.41, 5.74) is 0.930. The van der Waals surface area contributed by atoms with Crippen LogP contribution in [0.5, 0.6) is 0 Å². The minimum absolute atomic E-state index is 0.0222. The fourth-order valence-corrected chi connectivity index (χ4v) is 2.45. The smallest absolute Gasteiger partial charge is 0.228 e. The Labute approximate surface area is 122 Å². The van der Waals surface area contributed by atoms with E-state index < -0.39 is 17.8 Å². The first kappa shape index (κ1) is 15.4. The fourth-order valence-electron chi connectivity index (χ4n) is 2.45. The highest BCUT2D eigenvalue weighted by atomic mass is 19.1. The van der Waals surface area contributed by atoms with Crippen molar-refractivity contribution in [3.8, 4) is 0 Å². The van der Waals surface area contributed by atoms with Gasteiger partial charge in [-0.3, -0.25) is 9.59 Å². The quantitative estimate of drug-likeness (QED) is 0.770. The van der Waals surface area contributed by atoms with Crippen LogP contribution in [0, 0.1) is 5.82 Å². The van der Waals surface area contributed by atoms with E-state index in [0.29, 0.717) is 17.7 Å². The van der Waals surface area contributed by atoms with Gasteiger partial charge in [0.25, 0.3) is 0 Å². The average Bonchev–Trinajstić information content (AvgIpc) is 2.43. The number of hydrogen-bond acceptors (Lipinski definition) is 3.